The van der Waals surface area contributed by atoms with Gasteiger partial charge in [0.1, 0.15) is 0 Å². The van der Waals surface area contributed by atoms with Gasteiger partial charge in [-0.05, 0) is 12.0 Å². The van der Waals surface area contributed by atoms with E-state index in [4.69, 9.17) is 4.74 Å². The summed E-state index contributed by atoms with van der Waals surface area (Å²) in [6.45, 7) is 6.84. The number of hydrogen-bond acceptors (Lipinski definition) is 4. The van der Waals surface area contributed by atoms with Crippen molar-refractivity contribution in [3.63, 3.8) is 0 Å². The summed E-state index contributed by atoms with van der Waals surface area (Å²) in [6.07, 6.45) is 1.61. The number of carbonyl (C=O) groups excluding carboxylic acids is 2. The Balaban J connectivity index is 1.41. The third-order valence-electron chi connectivity index (χ3n) is 5.11. The van der Waals surface area contributed by atoms with Crippen molar-refractivity contribution in [3.8, 4) is 0 Å². The molecule has 0 bridgehead atoms. The second-order valence-electron chi connectivity index (χ2n) is 6.99. The van der Waals surface area contributed by atoms with Gasteiger partial charge >= 0.3 is 0 Å². The number of benzene rings is 1. The molecule has 0 aromatic heterocycles. The summed E-state index contributed by atoms with van der Waals surface area (Å²) in [7, 11) is 0. The molecule has 2 saturated heterocycles. The lowest BCUT2D eigenvalue weighted by atomic mass is 10.2. The minimum absolute atomic E-state index is 0.0715. The molecule has 2 aliphatic heterocycles. The standard InChI is InChI=1S/C20H29N3O3/c24-19(7-8-20(25)23-13-15-26-16-14-23)22-10-4-9-21(11-12-22)17-18-5-2-1-3-6-18/h1-3,5-6H,4,7-17H2. The van der Waals surface area contributed by atoms with E-state index in [1.165, 1.54) is 5.56 Å². The normalized spacial score (nSPS) is 19.2. The average molecular weight is 359 g/mol. The lowest BCUT2D eigenvalue weighted by molar-refractivity contribution is -0.139. The van der Waals surface area contributed by atoms with E-state index in [-0.39, 0.29) is 11.8 Å². The average Bonchev–Trinajstić information content (AvgIpc) is 2.93. The molecule has 0 radical (unpaired) electrons. The molecule has 0 atom stereocenters. The maximum absolute atomic E-state index is 12.5. The van der Waals surface area contributed by atoms with Crippen LogP contribution in [0.4, 0.5) is 0 Å². The second kappa shape index (κ2) is 9.69. The van der Waals surface area contributed by atoms with Gasteiger partial charge in [-0.2, -0.15) is 0 Å². The number of morpholine rings is 1. The molecule has 142 valence electrons. The first kappa shape index (κ1) is 18.9. The van der Waals surface area contributed by atoms with Crippen molar-refractivity contribution in [2.45, 2.75) is 25.8 Å². The van der Waals surface area contributed by atoms with Crippen LogP contribution in [0.2, 0.25) is 0 Å². The van der Waals surface area contributed by atoms with Gasteiger partial charge in [0.2, 0.25) is 11.8 Å². The number of carbonyl (C=O) groups is 2. The Bertz CT molecular complexity index is 587. The van der Waals surface area contributed by atoms with E-state index in [0.717, 1.165) is 39.1 Å². The topological polar surface area (TPSA) is 53.1 Å². The van der Waals surface area contributed by atoms with E-state index < -0.39 is 0 Å². The summed E-state index contributed by atoms with van der Waals surface area (Å²) in [5, 5.41) is 0. The van der Waals surface area contributed by atoms with Gasteiger partial charge in [0.25, 0.3) is 0 Å². The highest BCUT2D eigenvalue weighted by Gasteiger charge is 2.22. The van der Waals surface area contributed by atoms with Crippen molar-refractivity contribution in [2.24, 2.45) is 0 Å². The number of amides is 2. The van der Waals surface area contributed by atoms with Gasteiger partial charge in [0, 0.05) is 58.7 Å². The monoisotopic (exact) mass is 359 g/mol. The maximum atomic E-state index is 12.5. The van der Waals surface area contributed by atoms with Crippen LogP contribution >= 0.6 is 0 Å². The van der Waals surface area contributed by atoms with Crippen molar-refractivity contribution >= 4 is 11.8 Å². The number of rotatable bonds is 5. The minimum Gasteiger partial charge on any atom is -0.378 e. The van der Waals surface area contributed by atoms with Crippen LogP contribution in [0.1, 0.15) is 24.8 Å². The van der Waals surface area contributed by atoms with Crippen molar-refractivity contribution in [1.82, 2.24) is 14.7 Å². The molecule has 0 unspecified atom stereocenters. The van der Waals surface area contributed by atoms with E-state index in [1.54, 1.807) is 4.90 Å². The fourth-order valence-electron chi connectivity index (χ4n) is 3.56. The van der Waals surface area contributed by atoms with Crippen LogP contribution in [-0.4, -0.2) is 79.0 Å². The molecule has 2 aliphatic rings. The summed E-state index contributed by atoms with van der Waals surface area (Å²) < 4.78 is 5.26. The van der Waals surface area contributed by atoms with Crippen LogP contribution in [0.25, 0.3) is 0 Å². The Morgan fingerprint density at radius 1 is 0.808 bits per heavy atom. The molecule has 1 aromatic carbocycles. The first-order chi connectivity index (χ1) is 12.7. The summed E-state index contributed by atoms with van der Waals surface area (Å²) in [5.74, 6) is 0.176. The highest BCUT2D eigenvalue weighted by Crippen LogP contribution is 2.11. The van der Waals surface area contributed by atoms with Gasteiger partial charge in [0.05, 0.1) is 13.2 Å². The van der Waals surface area contributed by atoms with Crippen LogP contribution in [0.3, 0.4) is 0 Å². The van der Waals surface area contributed by atoms with Crippen molar-refractivity contribution in [1.29, 1.82) is 0 Å². The number of ether oxygens (including phenoxy) is 1. The van der Waals surface area contributed by atoms with Gasteiger partial charge in [-0.3, -0.25) is 14.5 Å². The summed E-state index contributed by atoms with van der Waals surface area (Å²) >= 11 is 0. The van der Waals surface area contributed by atoms with Gasteiger partial charge in [-0.25, -0.2) is 0 Å². The quantitative estimate of drug-likeness (QED) is 0.797. The molecule has 26 heavy (non-hydrogen) atoms. The highest BCUT2D eigenvalue weighted by molar-refractivity contribution is 5.83. The Hall–Kier alpha value is -1.92. The van der Waals surface area contributed by atoms with Crippen LogP contribution in [0.15, 0.2) is 30.3 Å². The molecule has 0 spiro atoms. The number of nitrogens with zero attached hydrogens (tertiary/aromatic N) is 3. The molecule has 2 fully saturated rings. The third kappa shape index (κ3) is 5.54. The number of hydrogen-bond donors (Lipinski definition) is 0. The van der Waals surface area contributed by atoms with E-state index in [0.29, 0.717) is 39.1 Å². The molecule has 1 aromatic rings. The first-order valence-electron chi connectivity index (χ1n) is 9.62. The molecule has 0 aliphatic carbocycles. The highest BCUT2D eigenvalue weighted by atomic mass is 16.5. The van der Waals surface area contributed by atoms with Gasteiger partial charge in [-0.1, -0.05) is 30.3 Å². The van der Waals surface area contributed by atoms with Crippen LogP contribution in [0.5, 0.6) is 0 Å². The Labute approximate surface area is 155 Å². The fourth-order valence-corrected chi connectivity index (χ4v) is 3.56. The zero-order valence-electron chi connectivity index (χ0n) is 15.4. The predicted molar refractivity (Wildman–Crippen MR) is 99.5 cm³/mol. The van der Waals surface area contributed by atoms with Crippen LogP contribution in [0, 0.1) is 0 Å². The maximum Gasteiger partial charge on any atom is 0.223 e. The molecule has 0 N–H and O–H groups in total. The van der Waals surface area contributed by atoms with Gasteiger partial charge in [0.15, 0.2) is 0 Å². The predicted octanol–water partition coefficient (Wildman–Crippen LogP) is 1.36. The van der Waals surface area contributed by atoms with E-state index in [1.807, 2.05) is 11.0 Å². The molecule has 6 heteroatoms. The summed E-state index contributed by atoms with van der Waals surface area (Å²) in [6, 6.07) is 10.4. The van der Waals surface area contributed by atoms with Crippen molar-refractivity contribution in [3.05, 3.63) is 35.9 Å². The van der Waals surface area contributed by atoms with E-state index >= 15 is 0 Å². The molecule has 2 amide bonds. The Kier molecular flexibility index (Phi) is 7.03. The van der Waals surface area contributed by atoms with Crippen LogP contribution in [-0.2, 0) is 20.9 Å². The lowest BCUT2D eigenvalue weighted by Gasteiger charge is -2.27. The molecule has 0 saturated carbocycles. The fraction of sp³-hybridized carbons (Fsp3) is 0.600. The summed E-state index contributed by atoms with van der Waals surface area (Å²) in [4.78, 5) is 30.9. The smallest absolute Gasteiger partial charge is 0.223 e. The molecule has 2 heterocycles. The third-order valence-corrected chi connectivity index (χ3v) is 5.11. The zero-order chi connectivity index (χ0) is 18.2. The molecule has 3 rings (SSSR count). The van der Waals surface area contributed by atoms with E-state index in [9.17, 15) is 9.59 Å². The Morgan fingerprint density at radius 3 is 2.15 bits per heavy atom. The van der Waals surface area contributed by atoms with Gasteiger partial charge < -0.3 is 14.5 Å². The largest absolute Gasteiger partial charge is 0.378 e. The molecular formula is C20H29N3O3. The SMILES string of the molecule is O=C(CCC(=O)N1CCCN(Cc2ccccc2)CC1)N1CCOCC1. The second-order valence-corrected chi connectivity index (χ2v) is 6.99. The van der Waals surface area contributed by atoms with E-state index in [2.05, 4.69) is 29.2 Å². The minimum atomic E-state index is 0.0715. The van der Waals surface area contributed by atoms with Gasteiger partial charge in [-0.15, -0.1) is 0 Å². The first-order valence-corrected chi connectivity index (χ1v) is 9.62. The Morgan fingerprint density at radius 2 is 1.46 bits per heavy atom. The lowest BCUT2D eigenvalue weighted by Crippen LogP contribution is -2.41. The van der Waals surface area contributed by atoms with Crippen molar-refractivity contribution in [2.75, 3.05) is 52.5 Å². The molecular weight excluding hydrogens is 330 g/mol. The zero-order valence-corrected chi connectivity index (χ0v) is 15.4. The van der Waals surface area contributed by atoms with Crippen molar-refractivity contribution < 1.29 is 14.3 Å². The van der Waals surface area contributed by atoms with Crippen LogP contribution < -0.4 is 0 Å². The summed E-state index contributed by atoms with van der Waals surface area (Å²) in [5.41, 5.74) is 1.31. The molecule has 6 nitrogen and oxygen atoms in total.